The Morgan fingerprint density at radius 2 is 1.81 bits per heavy atom. The van der Waals surface area contributed by atoms with E-state index in [1.807, 2.05) is 24.3 Å². The van der Waals surface area contributed by atoms with Gasteiger partial charge in [0, 0.05) is 12.6 Å². The SMILES string of the molecule is Nc1ncccc1Cc1cccc(Cl)c1Cl. The van der Waals surface area contributed by atoms with Crippen LogP contribution in [-0.2, 0) is 6.42 Å². The Morgan fingerprint density at radius 3 is 2.56 bits per heavy atom. The molecule has 0 aliphatic rings. The zero-order valence-electron chi connectivity index (χ0n) is 8.45. The summed E-state index contributed by atoms with van der Waals surface area (Å²) >= 11 is 12.0. The van der Waals surface area contributed by atoms with Crippen molar-refractivity contribution in [2.75, 3.05) is 5.73 Å². The van der Waals surface area contributed by atoms with Gasteiger partial charge in [-0.25, -0.2) is 4.98 Å². The number of nitrogen functional groups attached to an aromatic ring is 1. The van der Waals surface area contributed by atoms with Crippen molar-refractivity contribution >= 4 is 29.0 Å². The average molecular weight is 253 g/mol. The number of pyridine rings is 1. The van der Waals surface area contributed by atoms with Crippen LogP contribution in [0.15, 0.2) is 36.5 Å². The van der Waals surface area contributed by atoms with Crippen molar-refractivity contribution in [3.63, 3.8) is 0 Å². The average Bonchev–Trinajstić information content (AvgIpc) is 2.28. The second-order valence-electron chi connectivity index (χ2n) is 3.44. The Kier molecular flexibility index (Phi) is 3.32. The highest BCUT2D eigenvalue weighted by Crippen LogP contribution is 2.27. The van der Waals surface area contributed by atoms with Crippen LogP contribution in [0, 0.1) is 0 Å². The van der Waals surface area contributed by atoms with Crippen molar-refractivity contribution < 1.29 is 0 Å². The number of halogens is 2. The van der Waals surface area contributed by atoms with E-state index in [0.717, 1.165) is 11.1 Å². The standard InChI is InChI=1S/C12H10Cl2N2/c13-10-5-1-3-8(11(10)14)7-9-4-2-6-16-12(9)15/h1-6H,7H2,(H2,15,16). The fourth-order valence-electron chi connectivity index (χ4n) is 1.49. The summed E-state index contributed by atoms with van der Waals surface area (Å²) in [5, 5.41) is 1.13. The molecule has 1 aromatic carbocycles. The van der Waals surface area contributed by atoms with E-state index in [-0.39, 0.29) is 0 Å². The molecular weight excluding hydrogens is 243 g/mol. The normalized spacial score (nSPS) is 10.4. The van der Waals surface area contributed by atoms with Gasteiger partial charge in [-0.1, -0.05) is 41.4 Å². The molecule has 16 heavy (non-hydrogen) atoms. The molecule has 0 saturated carbocycles. The van der Waals surface area contributed by atoms with Crippen LogP contribution in [0.25, 0.3) is 0 Å². The molecule has 2 N–H and O–H groups in total. The van der Waals surface area contributed by atoms with Crippen LogP contribution in [0.2, 0.25) is 10.0 Å². The minimum Gasteiger partial charge on any atom is -0.383 e. The van der Waals surface area contributed by atoms with Crippen LogP contribution in [-0.4, -0.2) is 4.98 Å². The summed E-state index contributed by atoms with van der Waals surface area (Å²) in [6.45, 7) is 0. The van der Waals surface area contributed by atoms with Crippen LogP contribution in [0.3, 0.4) is 0 Å². The minimum absolute atomic E-state index is 0.526. The van der Waals surface area contributed by atoms with Crippen molar-refractivity contribution in [1.82, 2.24) is 4.98 Å². The van der Waals surface area contributed by atoms with Crippen LogP contribution in [0.4, 0.5) is 5.82 Å². The van der Waals surface area contributed by atoms with Gasteiger partial charge in [0.05, 0.1) is 10.0 Å². The molecule has 1 heterocycles. The van der Waals surface area contributed by atoms with Crippen molar-refractivity contribution in [1.29, 1.82) is 0 Å². The number of aromatic nitrogens is 1. The summed E-state index contributed by atoms with van der Waals surface area (Å²) in [7, 11) is 0. The number of hydrogen-bond donors (Lipinski definition) is 1. The quantitative estimate of drug-likeness (QED) is 0.888. The lowest BCUT2D eigenvalue weighted by Gasteiger charge is -2.07. The first-order valence-corrected chi connectivity index (χ1v) is 5.56. The fourth-order valence-corrected chi connectivity index (χ4v) is 1.88. The highest BCUT2D eigenvalue weighted by Gasteiger charge is 2.07. The van der Waals surface area contributed by atoms with Crippen LogP contribution < -0.4 is 5.73 Å². The van der Waals surface area contributed by atoms with Gasteiger partial charge in [-0.2, -0.15) is 0 Å². The predicted octanol–water partition coefficient (Wildman–Crippen LogP) is 3.56. The number of anilines is 1. The molecule has 2 nitrogen and oxygen atoms in total. The Labute approximate surface area is 104 Å². The van der Waals surface area contributed by atoms with Crippen LogP contribution in [0.5, 0.6) is 0 Å². The van der Waals surface area contributed by atoms with E-state index in [1.165, 1.54) is 0 Å². The molecule has 0 fully saturated rings. The minimum atomic E-state index is 0.526. The highest BCUT2D eigenvalue weighted by atomic mass is 35.5. The first-order chi connectivity index (χ1) is 7.68. The van der Waals surface area contributed by atoms with Crippen molar-refractivity contribution in [2.24, 2.45) is 0 Å². The van der Waals surface area contributed by atoms with E-state index < -0.39 is 0 Å². The van der Waals surface area contributed by atoms with E-state index >= 15 is 0 Å². The third kappa shape index (κ3) is 2.29. The van der Waals surface area contributed by atoms with Gasteiger partial charge in [-0.15, -0.1) is 0 Å². The number of nitrogens with two attached hydrogens (primary N) is 1. The molecule has 0 unspecified atom stereocenters. The third-order valence-corrected chi connectivity index (χ3v) is 3.20. The first kappa shape index (κ1) is 11.2. The molecule has 2 aromatic rings. The van der Waals surface area contributed by atoms with Gasteiger partial charge >= 0.3 is 0 Å². The Hall–Kier alpha value is -1.25. The van der Waals surface area contributed by atoms with E-state index in [0.29, 0.717) is 22.3 Å². The lowest BCUT2D eigenvalue weighted by molar-refractivity contribution is 1.15. The summed E-state index contributed by atoms with van der Waals surface area (Å²) < 4.78 is 0. The van der Waals surface area contributed by atoms with E-state index in [4.69, 9.17) is 28.9 Å². The molecule has 0 radical (unpaired) electrons. The molecule has 0 atom stereocenters. The maximum absolute atomic E-state index is 6.10. The third-order valence-electron chi connectivity index (χ3n) is 2.34. The summed E-state index contributed by atoms with van der Waals surface area (Å²) in [6, 6.07) is 9.35. The Balaban J connectivity index is 2.35. The Morgan fingerprint density at radius 1 is 1.06 bits per heavy atom. The van der Waals surface area contributed by atoms with Gasteiger partial charge in [0.15, 0.2) is 0 Å². The molecule has 1 aromatic heterocycles. The lowest BCUT2D eigenvalue weighted by atomic mass is 10.1. The van der Waals surface area contributed by atoms with E-state index in [9.17, 15) is 0 Å². The molecule has 0 amide bonds. The number of benzene rings is 1. The van der Waals surface area contributed by atoms with Crippen LogP contribution >= 0.6 is 23.2 Å². The smallest absolute Gasteiger partial charge is 0.126 e. The summed E-state index contributed by atoms with van der Waals surface area (Å²) in [6.07, 6.45) is 2.30. The maximum Gasteiger partial charge on any atom is 0.126 e. The van der Waals surface area contributed by atoms with Crippen molar-refractivity contribution in [3.05, 3.63) is 57.7 Å². The van der Waals surface area contributed by atoms with Crippen LogP contribution in [0.1, 0.15) is 11.1 Å². The van der Waals surface area contributed by atoms with Crippen molar-refractivity contribution in [2.45, 2.75) is 6.42 Å². The van der Waals surface area contributed by atoms with E-state index in [2.05, 4.69) is 4.98 Å². The Bertz CT molecular complexity index is 512. The number of hydrogen-bond acceptors (Lipinski definition) is 2. The topological polar surface area (TPSA) is 38.9 Å². The molecule has 0 saturated heterocycles. The lowest BCUT2D eigenvalue weighted by Crippen LogP contribution is -1.98. The molecule has 82 valence electrons. The fraction of sp³-hybridized carbons (Fsp3) is 0.0833. The van der Waals surface area contributed by atoms with Gasteiger partial charge in [-0.05, 0) is 23.3 Å². The van der Waals surface area contributed by atoms with Gasteiger partial charge in [-0.3, -0.25) is 0 Å². The summed E-state index contributed by atoms with van der Waals surface area (Å²) in [5.74, 6) is 0.526. The van der Waals surface area contributed by atoms with Gasteiger partial charge in [0.2, 0.25) is 0 Å². The number of rotatable bonds is 2. The molecule has 0 bridgehead atoms. The first-order valence-electron chi connectivity index (χ1n) is 4.80. The van der Waals surface area contributed by atoms with Crippen molar-refractivity contribution in [3.8, 4) is 0 Å². The zero-order chi connectivity index (χ0) is 11.5. The largest absolute Gasteiger partial charge is 0.383 e. The number of nitrogens with zero attached hydrogens (tertiary/aromatic N) is 1. The second kappa shape index (κ2) is 4.73. The highest BCUT2D eigenvalue weighted by molar-refractivity contribution is 6.42. The van der Waals surface area contributed by atoms with Gasteiger partial charge in [0.1, 0.15) is 5.82 Å². The monoisotopic (exact) mass is 252 g/mol. The maximum atomic E-state index is 6.10. The summed E-state index contributed by atoms with van der Waals surface area (Å²) in [5.41, 5.74) is 7.67. The predicted molar refractivity (Wildman–Crippen MR) is 67.9 cm³/mol. The second-order valence-corrected chi connectivity index (χ2v) is 4.22. The molecule has 0 spiro atoms. The van der Waals surface area contributed by atoms with Gasteiger partial charge < -0.3 is 5.73 Å². The molecule has 2 rings (SSSR count). The summed E-state index contributed by atoms with van der Waals surface area (Å²) in [4.78, 5) is 4.03. The molecule has 4 heteroatoms. The zero-order valence-corrected chi connectivity index (χ0v) is 9.96. The molecule has 0 aliphatic carbocycles. The molecular formula is C12H10Cl2N2. The molecule has 0 aliphatic heterocycles. The van der Waals surface area contributed by atoms with E-state index in [1.54, 1.807) is 12.3 Å². The van der Waals surface area contributed by atoms with Gasteiger partial charge in [0.25, 0.3) is 0 Å².